The van der Waals surface area contributed by atoms with E-state index in [1.807, 2.05) is 0 Å². The highest BCUT2D eigenvalue weighted by molar-refractivity contribution is 5.61. The van der Waals surface area contributed by atoms with Crippen LogP contribution in [-0.4, -0.2) is 20.4 Å². The number of hydrogen-bond acceptors (Lipinski definition) is 4. The number of benzene rings is 4. The van der Waals surface area contributed by atoms with Crippen molar-refractivity contribution < 1.29 is 20.4 Å². The molecule has 0 amide bonds. The van der Waals surface area contributed by atoms with E-state index >= 15 is 0 Å². The second-order valence-electron chi connectivity index (χ2n) is 28.5. The van der Waals surface area contributed by atoms with Crippen molar-refractivity contribution in [1.82, 2.24) is 0 Å². The molecule has 0 aliphatic heterocycles. The zero-order valence-electron chi connectivity index (χ0n) is 46.1. The van der Waals surface area contributed by atoms with Crippen LogP contribution in [0.15, 0.2) is 48.5 Å². The summed E-state index contributed by atoms with van der Waals surface area (Å²) in [7, 11) is 0. The number of hydrogen-bond donors (Lipinski definition) is 4. The highest BCUT2D eigenvalue weighted by Crippen LogP contribution is 2.55. The number of aromatic hydroxyl groups is 4. The Balaban J connectivity index is 2.50. The Morgan fingerprint density at radius 1 is 0.231 bits per heavy atom. The molecular weight excluding hydrogens is 797 g/mol. The Bertz CT molecular complexity index is 1940. The lowest BCUT2D eigenvalue weighted by Crippen LogP contribution is -2.38. The van der Waals surface area contributed by atoms with Crippen molar-refractivity contribution >= 4 is 0 Å². The van der Waals surface area contributed by atoms with Gasteiger partial charge in [-0.05, 0) is 117 Å². The van der Waals surface area contributed by atoms with Crippen molar-refractivity contribution in [2.45, 2.75) is 241 Å². The van der Waals surface area contributed by atoms with Gasteiger partial charge >= 0.3 is 0 Å². The van der Waals surface area contributed by atoms with Crippen molar-refractivity contribution in [2.75, 3.05) is 0 Å². The van der Waals surface area contributed by atoms with Crippen LogP contribution < -0.4 is 0 Å². The minimum absolute atomic E-state index is 0.335. The molecule has 4 aromatic rings. The van der Waals surface area contributed by atoms with E-state index in [2.05, 4.69) is 229 Å². The summed E-state index contributed by atoms with van der Waals surface area (Å²) in [5, 5.41) is 49.0. The van der Waals surface area contributed by atoms with Crippen molar-refractivity contribution in [3.05, 3.63) is 115 Å². The molecule has 0 spiro atoms. The van der Waals surface area contributed by atoms with Gasteiger partial charge in [0.05, 0.1) is 0 Å². The molecule has 0 saturated carbocycles. The third-order valence-corrected chi connectivity index (χ3v) is 14.2. The molecule has 360 valence electrons. The molecule has 4 rings (SSSR count). The Morgan fingerprint density at radius 3 is 0.431 bits per heavy atom. The van der Waals surface area contributed by atoms with Gasteiger partial charge in [0.15, 0.2) is 0 Å². The van der Waals surface area contributed by atoms with E-state index in [9.17, 15) is 20.4 Å². The van der Waals surface area contributed by atoms with Crippen LogP contribution in [0.3, 0.4) is 0 Å². The van der Waals surface area contributed by atoms with Gasteiger partial charge in [-0.2, -0.15) is 0 Å². The van der Waals surface area contributed by atoms with Crippen LogP contribution in [0.2, 0.25) is 0 Å². The van der Waals surface area contributed by atoms with Gasteiger partial charge in [-0.1, -0.05) is 229 Å². The van der Waals surface area contributed by atoms with E-state index in [4.69, 9.17) is 0 Å². The molecule has 4 aromatic carbocycles. The van der Waals surface area contributed by atoms with Gasteiger partial charge < -0.3 is 20.4 Å². The minimum atomic E-state index is -0.764. The quantitative estimate of drug-likeness (QED) is 0.155. The summed E-state index contributed by atoms with van der Waals surface area (Å²) in [4.78, 5) is 0. The molecule has 0 radical (unpaired) electrons. The maximum Gasteiger partial charge on any atom is 0.123 e. The molecule has 0 heterocycles. The Labute approximate surface area is 397 Å². The van der Waals surface area contributed by atoms with Gasteiger partial charge in [0, 0.05) is 10.8 Å². The largest absolute Gasteiger partial charge is 0.507 e. The summed E-state index contributed by atoms with van der Waals surface area (Å²) in [5.74, 6) is 1.34. The monoisotopic (exact) mass is 889 g/mol. The van der Waals surface area contributed by atoms with Gasteiger partial charge in [0.25, 0.3) is 0 Å². The summed E-state index contributed by atoms with van der Waals surface area (Å²) in [6, 6.07) is 18.0. The number of phenols is 4. The zero-order valence-corrected chi connectivity index (χ0v) is 46.1. The third kappa shape index (κ3) is 10.6. The molecule has 4 nitrogen and oxygen atoms in total. The number of phenolic OH excluding ortho intramolecular Hbond substituents is 4. The highest BCUT2D eigenvalue weighted by atomic mass is 16.3. The summed E-state index contributed by atoms with van der Waals surface area (Å²) < 4.78 is 0. The molecule has 0 saturated heterocycles. The Morgan fingerprint density at radius 2 is 0.338 bits per heavy atom. The fourth-order valence-electron chi connectivity index (χ4n) is 9.83. The lowest BCUT2D eigenvalue weighted by atomic mass is 9.58. The molecule has 0 aliphatic rings. The van der Waals surface area contributed by atoms with E-state index in [-0.39, 0.29) is 43.3 Å². The van der Waals surface area contributed by atoms with E-state index < -0.39 is 10.8 Å². The molecule has 0 atom stereocenters. The van der Waals surface area contributed by atoms with Gasteiger partial charge in [-0.15, -0.1) is 0 Å². The van der Waals surface area contributed by atoms with E-state index in [0.29, 0.717) is 29.4 Å². The minimum Gasteiger partial charge on any atom is -0.507 e. The Hall–Kier alpha value is -3.92. The predicted molar refractivity (Wildman–Crippen MR) is 280 cm³/mol. The van der Waals surface area contributed by atoms with Crippen LogP contribution in [-0.2, 0) is 54.1 Å². The summed E-state index contributed by atoms with van der Waals surface area (Å²) in [6.45, 7) is 56.9. The fraction of sp³-hybridized carbons (Fsp3) is 0.607. The topological polar surface area (TPSA) is 80.9 Å². The van der Waals surface area contributed by atoms with Crippen molar-refractivity contribution in [1.29, 1.82) is 0 Å². The summed E-state index contributed by atoms with van der Waals surface area (Å²) >= 11 is 0. The molecule has 65 heavy (non-hydrogen) atoms. The average molecular weight is 889 g/mol. The van der Waals surface area contributed by atoms with Crippen LogP contribution in [0.25, 0.3) is 0 Å². The molecular formula is C61H92O4. The van der Waals surface area contributed by atoms with Gasteiger partial charge in [0.2, 0.25) is 0 Å². The lowest BCUT2D eigenvalue weighted by Gasteiger charge is -2.45. The maximum atomic E-state index is 12.2. The smallest absolute Gasteiger partial charge is 0.123 e. The van der Waals surface area contributed by atoms with Crippen LogP contribution in [0.4, 0.5) is 0 Å². The van der Waals surface area contributed by atoms with Crippen LogP contribution in [0.1, 0.15) is 253 Å². The second-order valence-corrected chi connectivity index (χ2v) is 28.5. The van der Waals surface area contributed by atoms with Crippen molar-refractivity contribution in [2.24, 2.45) is 0 Å². The van der Waals surface area contributed by atoms with Crippen LogP contribution in [0, 0.1) is 0 Å². The summed E-state index contributed by atoms with van der Waals surface area (Å²) in [6.07, 6.45) is 0.561. The van der Waals surface area contributed by atoms with Crippen LogP contribution >= 0.6 is 0 Å². The van der Waals surface area contributed by atoms with E-state index in [0.717, 1.165) is 66.8 Å². The van der Waals surface area contributed by atoms with Crippen molar-refractivity contribution in [3.8, 4) is 23.0 Å². The first-order valence-electron chi connectivity index (χ1n) is 24.2. The maximum absolute atomic E-state index is 12.2. The van der Waals surface area contributed by atoms with Crippen LogP contribution in [0.5, 0.6) is 23.0 Å². The van der Waals surface area contributed by atoms with Crippen molar-refractivity contribution in [3.63, 3.8) is 0 Å². The van der Waals surface area contributed by atoms with Gasteiger partial charge in [-0.25, -0.2) is 0 Å². The number of rotatable bonds is 6. The Kier molecular flexibility index (Phi) is 13.5. The molecule has 0 aromatic heterocycles. The molecule has 4 heteroatoms. The normalized spacial score (nSPS) is 14.3. The standard InChI is InChI=1S/C61H92O4/c1-52(2,3)40-27-36(28-41(48(40)62)53(4,5)6)60(25,37-29-42(54(7,8)9)49(63)43(30-37)55(10,11)12)35-61(26,38-31-44(56(13,14)15)50(64)45(32-38)57(16,17)18)39-33-46(58(19,20)21)51(65)47(34-39)59(22,23)24/h27-34,62-65H,35H2,1-26H3. The fourth-order valence-corrected chi connectivity index (χ4v) is 9.83. The zero-order chi connectivity index (χ0) is 50.6. The molecule has 0 aliphatic carbocycles. The highest BCUT2D eigenvalue weighted by Gasteiger charge is 2.46. The summed E-state index contributed by atoms with van der Waals surface area (Å²) in [5.41, 5.74) is 6.88. The second kappa shape index (κ2) is 16.4. The third-order valence-electron chi connectivity index (χ3n) is 14.2. The predicted octanol–water partition coefficient (Wildman–Crippen LogP) is 16.6. The molecule has 0 fully saturated rings. The van der Waals surface area contributed by atoms with Gasteiger partial charge in [-0.3, -0.25) is 0 Å². The first-order chi connectivity index (χ1) is 28.7. The lowest BCUT2D eigenvalue weighted by molar-refractivity contribution is 0.376. The SMILES string of the molecule is CC(C)(C)c1cc(C(C)(CC(C)(c2cc(C(C)(C)C)c(O)c(C(C)(C)C)c2)c2cc(C(C)(C)C)c(O)c(C(C)(C)C)c2)c2cc(C(C)(C)C)c(O)c(C(C)(C)C)c2)cc(C(C)(C)C)c1O. The van der Waals surface area contributed by atoms with E-state index in [1.54, 1.807) is 0 Å². The first-order valence-corrected chi connectivity index (χ1v) is 24.2. The van der Waals surface area contributed by atoms with Gasteiger partial charge in [0.1, 0.15) is 23.0 Å². The molecule has 0 unspecified atom stereocenters. The first kappa shape index (κ1) is 53.7. The molecule has 0 bridgehead atoms. The average Bonchev–Trinajstić information content (AvgIpc) is 3.07. The van der Waals surface area contributed by atoms with E-state index in [1.165, 1.54) is 0 Å². The molecule has 4 N–H and O–H groups in total.